The van der Waals surface area contributed by atoms with Crippen molar-refractivity contribution in [1.29, 1.82) is 0 Å². The second kappa shape index (κ2) is 14.1. The second-order valence-electron chi connectivity index (χ2n) is 9.21. The molecule has 42 heavy (non-hydrogen) atoms. The maximum absolute atomic E-state index is 13.4. The Balaban J connectivity index is 1.53. The Morgan fingerprint density at radius 3 is 2.33 bits per heavy atom. The standard InChI is InChI=1S/C31H30Cl2N2O7/c1-4-12-41-26-11-7-20(15-28(26)40-5-2)17-35-30(37)23(29(36)34-31(35)38)13-19-6-10-25(27(14-19)39-3)42-18-21-8-9-22(32)16-24(21)33/h6-11,13-16H,4-5,12,17-18H2,1-3H3,(H,34,36,38)/b23-13+. The van der Waals surface area contributed by atoms with E-state index in [0.29, 0.717) is 57.4 Å². The number of hydrogen-bond donors (Lipinski definition) is 1. The Labute approximate surface area is 253 Å². The van der Waals surface area contributed by atoms with Gasteiger partial charge in [-0.05, 0) is 66.9 Å². The number of methoxy groups -OCH3 is 1. The van der Waals surface area contributed by atoms with Gasteiger partial charge >= 0.3 is 6.03 Å². The summed E-state index contributed by atoms with van der Waals surface area (Å²) in [4.78, 5) is 39.6. The molecule has 0 radical (unpaired) electrons. The molecular weight excluding hydrogens is 583 g/mol. The summed E-state index contributed by atoms with van der Waals surface area (Å²) in [6, 6.07) is 14.4. The lowest BCUT2D eigenvalue weighted by Gasteiger charge is -2.26. The Bertz CT molecular complexity index is 1520. The van der Waals surface area contributed by atoms with Crippen molar-refractivity contribution >= 4 is 47.1 Å². The highest BCUT2D eigenvalue weighted by Gasteiger charge is 2.36. The fraction of sp³-hybridized carbons (Fsp3) is 0.258. The van der Waals surface area contributed by atoms with Crippen molar-refractivity contribution in [2.24, 2.45) is 0 Å². The normalized spacial score (nSPS) is 14.2. The first-order valence-corrected chi connectivity index (χ1v) is 14.0. The molecule has 0 bridgehead atoms. The minimum absolute atomic E-state index is 0.0766. The first-order chi connectivity index (χ1) is 20.2. The molecule has 4 amide bonds. The van der Waals surface area contributed by atoms with Crippen LogP contribution in [0, 0.1) is 0 Å². The van der Waals surface area contributed by atoms with Crippen LogP contribution in [0.4, 0.5) is 4.79 Å². The molecule has 3 aromatic carbocycles. The van der Waals surface area contributed by atoms with Crippen LogP contribution < -0.4 is 24.3 Å². The van der Waals surface area contributed by atoms with Crippen LogP contribution in [0.3, 0.4) is 0 Å². The van der Waals surface area contributed by atoms with Crippen molar-refractivity contribution in [3.63, 3.8) is 0 Å². The molecule has 0 spiro atoms. The lowest BCUT2D eigenvalue weighted by atomic mass is 10.1. The number of imide groups is 2. The monoisotopic (exact) mass is 612 g/mol. The molecule has 9 nitrogen and oxygen atoms in total. The molecule has 0 atom stereocenters. The predicted octanol–water partition coefficient (Wildman–Crippen LogP) is 6.43. The summed E-state index contributed by atoms with van der Waals surface area (Å²) >= 11 is 12.2. The van der Waals surface area contributed by atoms with Crippen LogP contribution in [0.5, 0.6) is 23.0 Å². The van der Waals surface area contributed by atoms with Crippen molar-refractivity contribution in [3.8, 4) is 23.0 Å². The zero-order valence-electron chi connectivity index (χ0n) is 23.4. The molecule has 4 rings (SSSR count). The summed E-state index contributed by atoms with van der Waals surface area (Å²) in [6.07, 6.45) is 2.23. The average molecular weight is 613 g/mol. The van der Waals surface area contributed by atoms with E-state index in [1.54, 1.807) is 54.6 Å². The molecule has 1 aliphatic heterocycles. The van der Waals surface area contributed by atoms with Crippen LogP contribution in [0.25, 0.3) is 6.08 Å². The highest BCUT2D eigenvalue weighted by molar-refractivity contribution is 6.35. The maximum Gasteiger partial charge on any atom is 0.331 e. The van der Waals surface area contributed by atoms with Crippen molar-refractivity contribution in [2.45, 2.75) is 33.4 Å². The van der Waals surface area contributed by atoms with E-state index in [4.69, 9.17) is 42.1 Å². The van der Waals surface area contributed by atoms with E-state index in [0.717, 1.165) is 16.9 Å². The number of benzene rings is 3. The van der Waals surface area contributed by atoms with Gasteiger partial charge in [0.05, 0.1) is 26.9 Å². The third kappa shape index (κ3) is 7.35. The van der Waals surface area contributed by atoms with Gasteiger partial charge < -0.3 is 18.9 Å². The van der Waals surface area contributed by atoms with Crippen molar-refractivity contribution in [2.75, 3.05) is 20.3 Å². The molecule has 1 fully saturated rings. The van der Waals surface area contributed by atoms with Crippen LogP contribution in [0.1, 0.15) is 37.0 Å². The first kappa shape index (κ1) is 30.7. The number of rotatable bonds is 12. The maximum atomic E-state index is 13.4. The number of amides is 4. The highest BCUT2D eigenvalue weighted by atomic mass is 35.5. The summed E-state index contributed by atoms with van der Waals surface area (Å²) in [6.45, 7) is 4.88. The fourth-order valence-electron chi connectivity index (χ4n) is 4.12. The quantitative estimate of drug-likeness (QED) is 0.186. The molecule has 1 N–H and O–H groups in total. The number of carbonyl (C=O) groups excluding carboxylic acids is 3. The average Bonchev–Trinajstić information content (AvgIpc) is 2.97. The summed E-state index contributed by atoms with van der Waals surface area (Å²) in [7, 11) is 1.47. The van der Waals surface area contributed by atoms with E-state index in [9.17, 15) is 14.4 Å². The molecule has 1 heterocycles. The minimum atomic E-state index is -0.811. The molecule has 3 aromatic rings. The summed E-state index contributed by atoms with van der Waals surface area (Å²) in [5.41, 5.74) is 1.65. The highest BCUT2D eigenvalue weighted by Crippen LogP contribution is 2.32. The lowest BCUT2D eigenvalue weighted by molar-refractivity contribution is -0.130. The SMILES string of the molecule is CCCOc1ccc(CN2C(=O)NC(=O)/C(=C\c3ccc(OCc4ccc(Cl)cc4Cl)c(OC)c3)C2=O)cc1OCC. The van der Waals surface area contributed by atoms with E-state index in [1.807, 2.05) is 13.8 Å². The van der Waals surface area contributed by atoms with Crippen LogP contribution in [-0.4, -0.2) is 43.1 Å². The predicted molar refractivity (Wildman–Crippen MR) is 159 cm³/mol. The van der Waals surface area contributed by atoms with Crippen LogP contribution in [-0.2, 0) is 22.7 Å². The Morgan fingerprint density at radius 1 is 0.857 bits per heavy atom. The Kier molecular flexibility index (Phi) is 10.3. The molecule has 11 heteroatoms. The number of nitrogens with zero attached hydrogens (tertiary/aromatic N) is 1. The Hall–Kier alpha value is -4.21. The van der Waals surface area contributed by atoms with Gasteiger partial charge in [-0.2, -0.15) is 0 Å². The Morgan fingerprint density at radius 2 is 1.62 bits per heavy atom. The van der Waals surface area contributed by atoms with Crippen LogP contribution in [0.2, 0.25) is 10.0 Å². The third-order valence-electron chi connectivity index (χ3n) is 6.19. The molecule has 0 aromatic heterocycles. The van der Waals surface area contributed by atoms with E-state index < -0.39 is 17.8 Å². The summed E-state index contributed by atoms with van der Waals surface area (Å²) < 4.78 is 22.8. The molecule has 0 aliphatic carbocycles. The van der Waals surface area contributed by atoms with Crippen LogP contribution in [0.15, 0.2) is 60.2 Å². The zero-order chi connectivity index (χ0) is 30.2. The van der Waals surface area contributed by atoms with Gasteiger partial charge in [0.1, 0.15) is 12.2 Å². The largest absolute Gasteiger partial charge is 0.493 e. The molecule has 1 aliphatic rings. The number of carbonyl (C=O) groups is 3. The number of urea groups is 1. The van der Waals surface area contributed by atoms with Gasteiger partial charge in [-0.15, -0.1) is 0 Å². The fourth-order valence-corrected chi connectivity index (χ4v) is 4.59. The molecular formula is C31H30Cl2N2O7. The summed E-state index contributed by atoms with van der Waals surface area (Å²) in [5.74, 6) is 0.359. The van der Waals surface area contributed by atoms with Gasteiger partial charge in [0.15, 0.2) is 23.0 Å². The van der Waals surface area contributed by atoms with Gasteiger partial charge in [0.25, 0.3) is 11.8 Å². The van der Waals surface area contributed by atoms with Gasteiger partial charge in [-0.3, -0.25) is 19.8 Å². The zero-order valence-corrected chi connectivity index (χ0v) is 24.9. The van der Waals surface area contributed by atoms with Crippen molar-refractivity contribution < 1.29 is 33.3 Å². The van der Waals surface area contributed by atoms with Gasteiger partial charge in [-0.1, -0.05) is 48.3 Å². The molecule has 1 saturated heterocycles. The van der Waals surface area contributed by atoms with E-state index in [2.05, 4.69) is 5.32 Å². The molecule has 220 valence electrons. The van der Waals surface area contributed by atoms with Crippen LogP contribution >= 0.6 is 23.2 Å². The first-order valence-electron chi connectivity index (χ1n) is 13.3. The third-order valence-corrected chi connectivity index (χ3v) is 6.78. The smallest absolute Gasteiger partial charge is 0.331 e. The lowest BCUT2D eigenvalue weighted by Crippen LogP contribution is -2.53. The molecule has 0 unspecified atom stereocenters. The van der Waals surface area contributed by atoms with E-state index in [-0.39, 0.29) is 18.7 Å². The molecule has 0 saturated carbocycles. The van der Waals surface area contributed by atoms with E-state index >= 15 is 0 Å². The van der Waals surface area contributed by atoms with Gasteiger partial charge in [-0.25, -0.2) is 4.79 Å². The second-order valence-corrected chi connectivity index (χ2v) is 10.0. The number of hydrogen-bond acceptors (Lipinski definition) is 7. The number of ether oxygens (including phenoxy) is 4. The minimum Gasteiger partial charge on any atom is -0.493 e. The van der Waals surface area contributed by atoms with Gasteiger partial charge in [0, 0.05) is 15.6 Å². The number of halogens is 2. The number of barbiturate groups is 1. The van der Waals surface area contributed by atoms with Gasteiger partial charge in [0.2, 0.25) is 0 Å². The van der Waals surface area contributed by atoms with E-state index in [1.165, 1.54) is 13.2 Å². The number of nitrogens with one attached hydrogen (secondary N) is 1. The van der Waals surface area contributed by atoms with Crippen molar-refractivity contribution in [3.05, 3.63) is 86.9 Å². The van der Waals surface area contributed by atoms with Crippen molar-refractivity contribution in [1.82, 2.24) is 10.2 Å². The summed E-state index contributed by atoms with van der Waals surface area (Å²) in [5, 5.41) is 3.23. The topological polar surface area (TPSA) is 103 Å².